The topological polar surface area (TPSA) is 101 Å². The molecule has 2 aromatic rings. The molecule has 0 bridgehead atoms. The largest absolute Gasteiger partial charge is 0.444 e. The summed E-state index contributed by atoms with van der Waals surface area (Å²) in [6.07, 6.45) is 5.08. The fourth-order valence-corrected chi connectivity index (χ4v) is 5.81. The molecule has 2 amide bonds. The standard InChI is InChI=1S/C18H26N2O2S.C17H24N2O2S/c1-17(2,3)22-16(21)19-12-7-8-13-14(11-12)20-15(23-6)9-10-18(13,4)5;1-16(2,3)21-15(20)18-11-6-7-12-13(10-11)19-14(22)8-9-17(12,4)5/h7-8,11H,9-10H2,1-6H3,(H,19,21);6-7,10H,8-9H2,1-5H3,(H,18,20)(H,19,22). The number of hydrogen-bond acceptors (Lipinski definition) is 7. The second kappa shape index (κ2) is 14.1. The number of nitrogens with zero attached hydrogens (tertiary/aromatic N) is 1. The maximum absolute atomic E-state index is 11.9. The summed E-state index contributed by atoms with van der Waals surface area (Å²) in [7, 11) is 0. The Morgan fingerprint density at radius 2 is 1.31 bits per heavy atom. The molecular formula is C35H50N4O4S2. The molecule has 2 aromatic carbocycles. The van der Waals surface area contributed by atoms with Gasteiger partial charge in [-0.1, -0.05) is 52.0 Å². The Labute approximate surface area is 278 Å². The van der Waals surface area contributed by atoms with Crippen molar-refractivity contribution in [3.8, 4) is 0 Å². The first-order valence-electron chi connectivity index (χ1n) is 15.4. The molecule has 3 N–H and O–H groups in total. The number of carbonyl (C=O) groups is 2. The van der Waals surface area contributed by atoms with Gasteiger partial charge in [0.15, 0.2) is 0 Å². The van der Waals surface area contributed by atoms with E-state index in [9.17, 15) is 9.59 Å². The highest BCUT2D eigenvalue weighted by atomic mass is 32.2. The lowest BCUT2D eigenvalue weighted by molar-refractivity contribution is 0.0624. The molecule has 246 valence electrons. The quantitative estimate of drug-likeness (QED) is 0.277. The summed E-state index contributed by atoms with van der Waals surface area (Å²) in [5.74, 6) is 0. The van der Waals surface area contributed by atoms with Gasteiger partial charge in [-0.2, -0.15) is 0 Å². The van der Waals surface area contributed by atoms with Gasteiger partial charge in [0.25, 0.3) is 0 Å². The zero-order chi connectivity index (χ0) is 33.8. The summed E-state index contributed by atoms with van der Waals surface area (Å²) < 4.78 is 10.6. The van der Waals surface area contributed by atoms with Crippen molar-refractivity contribution in [3.63, 3.8) is 0 Å². The molecule has 0 saturated carbocycles. The molecule has 2 aliphatic heterocycles. The number of aliphatic imine (C=N–C) groups is 1. The van der Waals surface area contributed by atoms with Crippen LogP contribution in [0.1, 0.15) is 106 Å². The number of thioether (sulfide) groups is 1. The summed E-state index contributed by atoms with van der Waals surface area (Å²) >= 11 is 7.04. The predicted molar refractivity (Wildman–Crippen MR) is 194 cm³/mol. The van der Waals surface area contributed by atoms with E-state index in [1.165, 1.54) is 11.1 Å². The SMILES string of the molecule is CC(C)(C)OC(=O)Nc1ccc2c(c1)NC(=S)CCC2(C)C.CSC1=Nc2cc(NC(=O)OC(C)(C)C)ccc2C(C)(C)CC1. The number of nitrogens with one attached hydrogen (secondary N) is 3. The van der Waals surface area contributed by atoms with Gasteiger partial charge in [0, 0.05) is 17.1 Å². The number of ether oxygens (including phenoxy) is 2. The lowest BCUT2D eigenvalue weighted by atomic mass is 9.80. The van der Waals surface area contributed by atoms with Gasteiger partial charge in [0.1, 0.15) is 11.2 Å². The Morgan fingerprint density at radius 3 is 1.84 bits per heavy atom. The molecule has 0 unspecified atom stereocenters. The van der Waals surface area contributed by atoms with E-state index in [2.05, 4.69) is 56.0 Å². The van der Waals surface area contributed by atoms with Crippen LogP contribution in [0.25, 0.3) is 0 Å². The van der Waals surface area contributed by atoms with Gasteiger partial charge in [0.2, 0.25) is 0 Å². The lowest BCUT2D eigenvalue weighted by Crippen LogP contribution is -2.27. The number of benzene rings is 2. The maximum atomic E-state index is 11.9. The van der Waals surface area contributed by atoms with Crippen LogP contribution in [0.2, 0.25) is 0 Å². The van der Waals surface area contributed by atoms with Crippen LogP contribution >= 0.6 is 24.0 Å². The molecule has 4 rings (SSSR count). The molecule has 0 aliphatic carbocycles. The van der Waals surface area contributed by atoms with Crippen molar-refractivity contribution in [2.75, 3.05) is 22.2 Å². The minimum absolute atomic E-state index is 0.0490. The second-order valence-corrected chi connectivity index (χ2v) is 16.1. The van der Waals surface area contributed by atoms with Gasteiger partial charge >= 0.3 is 12.2 Å². The number of anilines is 3. The van der Waals surface area contributed by atoms with Crippen LogP contribution in [-0.4, -0.2) is 39.7 Å². The van der Waals surface area contributed by atoms with E-state index in [0.29, 0.717) is 11.4 Å². The number of rotatable bonds is 2. The second-order valence-electron chi connectivity index (χ2n) is 14.8. The first-order chi connectivity index (χ1) is 20.7. The highest BCUT2D eigenvalue weighted by Crippen LogP contribution is 2.41. The minimum atomic E-state index is -0.516. The monoisotopic (exact) mass is 654 g/mol. The van der Waals surface area contributed by atoms with Gasteiger partial charge in [-0.05, 0) is 120 Å². The highest BCUT2D eigenvalue weighted by molar-refractivity contribution is 8.13. The number of carbonyl (C=O) groups excluding carboxylic acids is 2. The smallest absolute Gasteiger partial charge is 0.412 e. The van der Waals surface area contributed by atoms with Gasteiger partial charge in [-0.3, -0.25) is 10.6 Å². The number of hydrogen-bond donors (Lipinski definition) is 3. The Morgan fingerprint density at radius 1 is 0.822 bits per heavy atom. The van der Waals surface area contributed by atoms with Gasteiger partial charge in [0.05, 0.1) is 15.7 Å². The van der Waals surface area contributed by atoms with E-state index in [1.54, 1.807) is 11.8 Å². The van der Waals surface area contributed by atoms with Crippen molar-refractivity contribution in [2.24, 2.45) is 4.99 Å². The molecule has 0 spiro atoms. The van der Waals surface area contributed by atoms with Gasteiger partial charge in [-0.25, -0.2) is 14.6 Å². The number of fused-ring (bicyclic) bond motifs is 2. The lowest BCUT2D eigenvalue weighted by Gasteiger charge is -2.25. The number of amides is 2. The third-order valence-corrected chi connectivity index (χ3v) is 8.53. The van der Waals surface area contributed by atoms with Crippen LogP contribution in [0.4, 0.5) is 32.3 Å². The third kappa shape index (κ3) is 11.0. The van der Waals surface area contributed by atoms with Crippen molar-refractivity contribution in [1.29, 1.82) is 0 Å². The van der Waals surface area contributed by atoms with Crippen molar-refractivity contribution in [3.05, 3.63) is 47.5 Å². The van der Waals surface area contributed by atoms with Crippen molar-refractivity contribution in [2.45, 2.75) is 117 Å². The van der Waals surface area contributed by atoms with Gasteiger partial charge in [-0.15, -0.1) is 11.8 Å². The average Bonchev–Trinajstić information content (AvgIpc) is 3.08. The first-order valence-corrected chi connectivity index (χ1v) is 17.0. The van der Waals surface area contributed by atoms with Gasteiger partial charge < -0.3 is 14.8 Å². The predicted octanol–water partition coefficient (Wildman–Crippen LogP) is 10.3. The summed E-state index contributed by atoms with van der Waals surface area (Å²) in [5.41, 5.74) is 4.82. The molecule has 10 heteroatoms. The summed E-state index contributed by atoms with van der Waals surface area (Å²) in [5, 5.41) is 9.97. The van der Waals surface area contributed by atoms with E-state index < -0.39 is 23.4 Å². The van der Waals surface area contributed by atoms with Crippen molar-refractivity contribution >= 4 is 68.9 Å². The van der Waals surface area contributed by atoms with E-state index in [0.717, 1.165) is 47.1 Å². The summed E-state index contributed by atoms with van der Waals surface area (Å²) in [6, 6.07) is 11.8. The molecule has 0 saturated heterocycles. The molecule has 2 aliphatic rings. The minimum Gasteiger partial charge on any atom is -0.444 e. The van der Waals surface area contributed by atoms with Crippen LogP contribution in [0.15, 0.2) is 41.4 Å². The maximum Gasteiger partial charge on any atom is 0.412 e. The fraction of sp³-hybridized carbons (Fsp3) is 0.543. The Balaban J connectivity index is 0.000000246. The molecule has 2 heterocycles. The Kier molecular flexibility index (Phi) is 11.4. The van der Waals surface area contributed by atoms with Crippen LogP contribution in [-0.2, 0) is 20.3 Å². The van der Waals surface area contributed by atoms with E-state index in [1.807, 2.05) is 71.9 Å². The van der Waals surface area contributed by atoms with E-state index in [4.69, 9.17) is 26.7 Å². The number of thiocarbonyl (C=S) groups is 1. The average molecular weight is 655 g/mol. The van der Waals surface area contributed by atoms with Crippen LogP contribution < -0.4 is 16.0 Å². The first kappa shape index (κ1) is 36.4. The zero-order valence-electron chi connectivity index (χ0n) is 28.7. The molecule has 0 radical (unpaired) electrons. The van der Waals surface area contributed by atoms with E-state index >= 15 is 0 Å². The zero-order valence-corrected chi connectivity index (χ0v) is 30.3. The fourth-order valence-electron chi connectivity index (χ4n) is 5.10. The third-order valence-electron chi connectivity index (χ3n) is 7.46. The molecule has 45 heavy (non-hydrogen) atoms. The van der Waals surface area contributed by atoms with E-state index in [-0.39, 0.29) is 10.8 Å². The molecule has 8 nitrogen and oxygen atoms in total. The molecular weight excluding hydrogens is 605 g/mol. The highest BCUT2D eigenvalue weighted by Gasteiger charge is 2.29. The molecule has 0 aromatic heterocycles. The van der Waals surface area contributed by atoms with Crippen molar-refractivity contribution in [1.82, 2.24) is 0 Å². The molecule has 0 fully saturated rings. The Bertz CT molecular complexity index is 1450. The van der Waals surface area contributed by atoms with Crippen LogP contribution in [0, 0.1) is 0 Å². The Hall–Kier alpha value is -3.11. The van der Waals surface area contributed by atoms with Crippen LogP contribution in [0.3, 0.4) is 0 Å². The summed E-state index contributed by atoms with van der Waals surface area (Å²) in [6.45, 7) is 20.0. The van der Waals surface area contributed by atoms with Crippen LogP contribution in [0.5, 0.6) is 0 Å². The molecule has 0 atom stereocenters. The normalized spacial score (nSPS) is 17.0. The van der Waals surface area contributed by atoms with Crippen molar-refractivity contribution < 1.29 is 19.1 Å². The summed E-state index contributed by atoms with van der Waals surface area (Å²) in [4.78, 5) is 29.4.